The highest BCUT2D eigenvalue weighted by Crippen LogP contribution is 2.26. The van der Waals surface area contributed by atoms with Crippen molar-refractivity contribution in [3.63, 3.8) is 0 Å². The van der Waals surface area contributed by atoms with Crippen LogP contribution in [0.4, 0.5) is 5.82 Å². The molecule has 0 fully saturated rings. The second-order valence-electron chi connectivity index (χ2n) is 7.11. The molecule has 0 radical (unpaired) electrons. The Bertz CT molecular complexity index is 1110. The average molecular weight is 473 g/mol. The van der Waals surface area contributed by atoms with Gasteiger partial charge in [-0.15, -0.1) is 0 Å². The van der Waals surface area contributed by atoms with Gasteiger partial charge < -0.3 is 0 Å². The molecule has 3 aromatic rings. The summed E-state index contributed by atoms with van der Waals surface area (Å²) < 4.78 is 29.3. The maximum absolute atomic E-state index is 12.7. The van der Waals surface area contributed by atoms with Gasteiger partial charge in [-0.3, -0.25) is 9.40 Å². The number of rotatable bonds is 7. The number of halogens is 3. The van der Waals surface area contributed by atoms with Crippen molar-refractivity contribution in [2.45, 2.75) is 31.7 Å². The van der Waals surface area contributed by atoms with E-state index in [4.69, 9.17) is 34.8 Å². The molecule has 5 nitrogen and oxygen atoms in total. The SMILES string of the molecule is CC(C)Cc1ccc(S(=O)(=O)Nc2nn(Cc3ccc(Cl)cc3Cl)cc2Cl)cc1. The molecule has 0 saturated heterocycles. The number of nitrogens with zero attached hydrogens (tertiary/aromatic N) is 2. The first kappa shape index (κ1) is 22.0. The van der Waals surface area contributed by atoms with Crippen molar-refractivity contribution in [3.05, 3.63) is 74.9 Å². The molecule has 0 bridgehead atoms. The van der Waals surface area contributed by atoms with Crippen molar-refractivity contribution in [2.75, 3.05) is 4.72 Å². The smallest absolute Gasteiger partial charge is 0.263 e. The van der Waals surface area contributed by atoms with Gasteiger partial charge in [-0.05, 0) is 47.7 Å². The van der Waals surface area contributed by atoms with Crippen LogP contribution in [-0.2, 0) is 23.0 Å². The van der Waals surface area contributed by atoms with Crippen LogP contribution in [0.3, 0.4) is 0 Å². The van der Waals surface area contributed by atoms with E-state index in [9.17, 15) is 8.42 Å². The molecule has 0 aliphatic heterocycles. The molecule has 9 heteroatoms. The number of anilines is 1. The normalized spacial score (nSPS) is 11.8. The zero-order chi connectivity index (χ0) is 21.2. The average Bonchev–Trinajstić information content (AvgIpc) is 2.96. The highest BCUT2D eigenvalue weighted by Gasteiger charge is 2.18. The second kappa shape index (κ2) is 8.96. The van der Waals surface area contributed by atoms with Crippen LogP contribution in [-0.4, -0.2) is 18.2 Å². The summed E-state index contributed by atoms with van der Waals surface area (Å²) in [5, 5.41) is 5.45. The van der Waals surface area contributed by atoms with Gasteiger partial charge in [0.25, 0.3) is 10.0 Å². The van der Waals surface area contributed by atoms with Crippen molar-refractivity contribution in [3.8, 4) is 0 Å². The number of nitrogens with one attached hydrogen (secondary N) is 1. The van der Waals surface area contributed by atoms with E-state index >= 15 is 0 Å². The molecule has 3 rings (SSSR count). The van der Waals surface area contributed by atoms with Crippen molar-refractivity contribution < 1.29 is 8.42 Å². The van der Waals surface area contributed by atoms with Gasteiger partial charge in [-0.1, -0.05) is 66.8 Å². The molecule has 0 unspecified atom stereocenters. The van der Waals surface area contributed by atoms with Crippen molar-refractivity contribution >= 4 is 50.6 Å². The minimum Gasteiger partial charge on any atom is -0.265 e. The largest absolute Gasteiger partial charge is 0.265 e. The number of aromatic nitrogens is 2. The lowest BCUT2D eigenvalue weighted by molar-refractivity contribution is 0.600. The lowest BCUT2D eigenvalue weighted by Crippen LogP contribution is -2.14. The first-order valence-electron chi connectivity index (χ1n) is 8.92. The first-order valence-corrected chi connectivity index (χ1v) is 11.5. The maximum atomic E-state index is 12.7. The molecule has 0 amide bonds. The molecule has 2 aromatic carbocycles. The Morgan fingerprint density at radius 1 is 1.03 bits per heavy atom. The highest BCUT2D eigenvalue weighted by atomic mass is 35.5. The fourth-order valence-corrected chi connectivity index (χ4v) is 4.57. The third-order valence-electron chi connectivity index (χ3n) is 4.17. The quantitative estimate of drug-likeness (QED) is 0.466. The minimum absolute atomic E-state index is 0.0583. The number of benzene rings is 2. The van der Waals surface area contributed by atoms with Crippen LogP contribution in [0.15, 0.2) is 53.6 Å². The Morgan fingerprint density at radius 3 is 2.34 bits per heavy atom. The second-order valence-corrected chi connectivity index (χ2v) is 10.0. The Labute approximate surface area is 185 Å². The molecule has 154 valence electrons. The summed E-state index contributed by atoms with van der Waals surface area (Å²) in [7, 11) is -3.81. The molecule has 1 aromatic heterocycles. The van der Waals surface area contributed by atoms with E-state index in [2.05, 4.69) is 23.7 Å². The van der Waals surface area contributed by atoms with Gasteiger partial charge in [0, 0.05) is 16.2 Å². The van der Waals surface area contributed by atoms with Crippen LogP contribution in [0.5, 0.6) is 0 Å². The maximum Gasteiger partial charge on any atom is 0.263 e. The number of sulfonamides is 1. The Balaban J connectivity index is 1.77. The number of hydrogen-bond acceptors (Lipinski definition) is 3. The molecule has 0 spiro atoms. The summed E-state index contributed by atoms with van der Waals surface area (Å²) in [6.45, 7) is 4.55. The third-order valence-corrected chi connectivity index (χ3v) is 6.39. The standard InChI is InChI=1S/C20H20Cl3N3O2S/c1-13(2)9-14-3-7-17(8-4-14)29(27,28)25-20-19(23)12-26(24-20)11-15-5-6-16(21)10-18(15)22/h3-8,10,12-13H,9,11H2,1-2H3,(H,24,25). The van der Waals surface area contributed by atoms with Crippen molar-refractivity contribution in [2.24, 2.45) is 5.92 Å². The van der Waals surface area contributed by atoms with Crippen LogP contribution >= 0.6 is 34.8 Å². The third kappa shape index (κ3) is 5.66. The molecule has 0 aliphatic carbocycles. The summed E-state index contributed by atoms with van der Waals surface area (Å²) in [4.78, 5) is 0.149. The van der Waals surface area contributed by atoms with E-state index in [0.717, 1.165) is 17.5 Å². The van der Waals surface area contributed by atoms with Gasteiger partial charge in [-0.25, -0.2) is 8.42 Å². The monoisotopic (exact) mass is 471 g/mol. The fraction of sp³-hybridized carbons (Fsp3) is 0.250. The van der Waals surface area contributed by atoms with Gasteiger partial charge in [0.1, 0.15) is 5.02 Å². The summed E-state index contributed by atoms with van der Waals surface area (Å²) in [5.74, 6) is 0.551. The van der Waals surface area contributed by atoms with Gasteiger partial charge >= 0.3 is 0 Å². The number of hydrogen-bond donors (Lipinski definition) is 1. The van der Waals surface area contributed by atoms with Gasteiger partial charge in [-0.2, -0.15) is 5.10 Å². The van der Waals surface area contributed by atoms with Crippen LogP contribution in [0.25, 0.3) is 0 Å². The predicted molar refractivity (Wildman–Crippen MR) is 119 cm³/mol. The summed E-state index contributed by atoms with van der Waals surface area (Å²) in [6, 6.07) is 11.9. The molecule has 0 saturated carbocycles. The van der Waals surface area contributed by atoms with E-state index < -0.39 is 10.0 Å². The van der Waals surface area contributed by atoms with Gasteiger partial charge in [0.15, 0.2) is 5.82 Å². The van der Waals surface area contributed by atoms with E-state index in [1.807, 2.05) is 12.1 Å². The van der Waals surface area contributed by atoms with Gasteiger partial charge in [0.05, 0.1) is 11.4 Å². The Morgan fingerprint density at radius 2 is 1.72 bits per heavy atom. The van der Waals surface area contributed by atoms with E-state index in [0.29, 0.717) is 22.5 Å². The molecule has 0 aliphatic rings. The van der Waals surface area contributed by atoms with Crippen molar-refractivity contribution in [1.29, 1.82) is 0 Å². The van der Waals surface area contributed by atoms with Crippen LogP contribution in [0.1, 0.15) is 25.0 Å². The predicted octanol–water partition coefficient (Wildman–Crippen LogP) is 5.89. The molecule has 29 heavy (non-hydrogen) atoms. The van der Waals surface area contributed by atoms with Gasteiger partial charge in [0.2, 0.25) is 0 Å². The van der Waals surface area contributed by atoms with Crippen LogP contribution in [0.2, 0.25) is 15.1 Å². The summed E-state index contributed by atoms with van der Waals surface area (Å²) >= 11 is 18.3. The van der Waals surface area contributed by atoms with Crippen molar-refractivity contribution in [1.82, 2.24) is 9.78 Å². The van der Waals surface area contributed by atoms with E-state index in [-0.39, 0.29) is 15.7 Å². The summed E-state index contributed by atoms with van der Waals surface area (Å²) in [6.07, 6.45) is 2.42. The highest BCUT2D eigenvalue weighted by molar-refractivity contribution is 7.92. The fourth-order valence-electron chi connectivity index (χ4n) is 2.83. The summed E-state index contributed by atoms with van der Waals surface area (Å²) in [5.41, 5.74) is 1.87. The van der Waals surface area contributed by atoms with E-state index in [1.165, 1.54) is 10.9 Å². The van der Waals surface area contributed by atoms with Crippen LogP contribution < -0.4 is 4.72 Å². The van der Waals surface area contributed by atoms with Crippen LogP contribution in [0, 0.1) is 5.92 Å². The molecular weight excluding hydrogens is 453 g/mol. The zero-order valence-electron chi connectivity index (χ0n) is 15.9. The topological polar surface area (TPSA) is 64.0 Å². The lowest BCUT2D eigenvalue weighted by Gasteiger charge is -2.08. The molecular formula is C20H20Cl3N3O2S. The Kier molecular flexibility index (Phi) is 6.79. The zero-order valence-corrected chi connectivity index (χ0v) is 18.9. The minimum atomic E-state index is -3.81. The molecule has 1 N–H and O–H groups in total. The first-order chi connectivity index (χ1) is 13.6. The molecule has 0 atom stereocenters. The van der Waals surface area contributed by atoms with E-state index in [1.54, 1.807) is 30.3 Å². The Hall–Kier alpha value is -1.73. The molecule has 1 heterocycles. The lowest BCUT2D eigenvalue weighted by atomic mass is 10.0.